The van der Waals surface area contributed by atoms with Gasteiger partial charge in [-0.1, -0.05) is 12.1 Å². The van der Waals surface area contributed by atoms with E-state index in [4.69, 9.17) is 0 Å². The van der Waals surface area contributed by atoms with Crippen molar-refractivity contribution in [2.75, 3.05) is 0 Å². The quantitative estimate of drug-likeness (QED) is 0.826. The monoisotopic (exact) mass is 353 g/mol. The maximum Gasteiger partial charge on any atom is 0.341 e. The molecule has 8 heteroatoms. The molecule has 1 N–H and O–H groups in total. The Morgan fingerprint density at radius 1 is 1.27 bits per heavy atom. The standard InChI is InChI=1S/C14H21F2NO3S2/c1-9-11(10(2)17-21(18)14(3,4)5)7-6-8-12(9)22(19,20)13(15)16/h6-8,10,13,17H,1-5H3. The van der Waals surface area contributed by atoms with Crippen molar-refractivity contribution < 1.29 is 21.8 Å². The molecule has 0 bridgehead atoms. The van der Waals surface area contributed by atoms with E-state index >= 15 is 0 Å². The van der Waals surface area contributed by atoms with Gasteiger partial charge in [0.15, 0.2) is 0 Å². The molecule has 22 heavy (non-hydrogen) atoms. The second-order valence-corrected chi connectivity index (χ2v) is 9.88. The number of hydrogen-bond donors (Lipinski definition) is 1. The van der Waals surface area contributed by atoms with Gasteiger partial charge in [0.2, 0.25) is 9.84 Å². The second-order valence-electron chi connectivity index (χ2n) is 6.00. The van der Waals surface area contributed by atoms with Gasteiger partial charge in [-0.25, -0.2) is 8.42 Å². The lowest BCUT2D eigenvalue weighted by Gasteiger charge is -2.27. The molecule has 0 aliphatic rings. The zero-order valence-corrected chi connectivity index (χ0v) is 14.8. The molecule has 2 unspecified atom stereocenters. The van der Waals surface area contributed by atoms with Crippen LogP contribution in [0.1, 0.15) is 44.9 Å². The molecule has 0 fully saturated rings. The zero-order valence-electron chi connectivity index (χ0n) is 13.2. The number of alkyl halides is 2. The highest BCUT2D eigenvalue weighted by Crippen LogP contribution is 2.28. The Bertz CT molecular complexity index is 627. The lowest BCUT2D eigenvalue weighted by Crippen LogP contribution is -2.40. The van der Waals surface area contributed by atoms with E-state index in [1.165, 1.54) is 13.0 Å². The Morgan fingerprint density at radius 3 is 2.27 bits per heavy atom. The molecule has 1 aromatic carbocycles. The first-order valence-electron chi connectivity index (χ1n) is 6.68. The molecule has 0 amide bonds. The van der Waals surface area contributed by atoms with Gasteiger partial charge in [0.05, 0.1) is 10.9 Å². The molecule has 0 saturated carbocycles. The number of rotatable bonds is 5. The first-order chi connectivity index (χ1) is 9.89. The number of halogens is 2. The Hall–Kier alpha value is -0.700. The fourth-order valence-electron chi connectivity index (χ4n) is 1.91. The van der Waals surface area contributed by atoms with E-state index in [-0.39, 0.29) is 5.56 Å². The zero-order chi connectivity index (χ0) is 17.3. The maximum atomic E-state index is 12.7. The summed E-state index contributed by atoms with van der Waals surface area (Å²) in [5.74, 6) is -3.46. The third kappa shape index (κ3) is 4.18. The number of nitrogens with one attached hydrogen (secondary N) is 1. The van der Waals surface area contributed by atoms with Crippen molar-refractivity contribution in [2.24, 2.45) is 0 Å². The van der Waals surface area contributed by atoms with Crippen LogP contribution in [0.2, 0.25) is 0 Å². The minimum atomic E-state index is -4.66. The van der Waals surface area contributed by atoms with Crippen LogP contribution < -0.4 is 4.72 Å². The van der Waals surface area contributed by atoms with E-state index in [0.717, 1.165) is 6.07 Å². The van der Waals surface area contributed by atoms with Crippen molar-refractivity contribution in [2.45, 2.75) is 56.1 Å². The van der Waals surface area contributed by atoms with Crippen LogP contribution in [0.3, 0.4) is 0 Å². The van der Waals surface area contributed by atoms with Crippen LogP contribution in [-0.2, 0) is 21.2 Å². The summed E-state index contributed by atoms with van der Waals surface area (Å²) in [5.41, 5.74) is 0.771. The SMILES string of the molecule is Cc1c(C(C)N[S+]([O-])C(C)(C)C)cccc1S(=O)(=O)C(F)F. The summed E-state index contributed by atoms with van der Waals surface area (Å²) >= 11 is -1.36. The highest BCUT2D eigenvalue weighted by molar-refractivity contribution is 7.91. The van der Waals surface area contributed by atoms with Crippen LogP contribution in [0, 0.1) is 6.92 Å². The van der Waals surface area contributed by atoms with Crippen molar-refractivity contribution in [3.63, 3.8) is 0 Å². The lowest BCUT2D eigenvalue weighted by molar-refractivity contribution is 0.234. The van der Waals surface area contributed by atoms with Crippen LogP contribution in [0.4, 0.5) is 8.78 Å². The van der Waals surface area contributed by atoms with Gasteiger partial charge in [0.25, 0.3) is 0 Å². The second kappa shape index (κ2) is 6.82. The molecule has 1 aromatic rings. The number of benzene rings is 1. The molecule has 0 aromatic heterocycles. The molecule has 0 aliphatic carbocycles. The van der Waals surface area contributed by atoms with Gasteiger partial charge >= 0.3 is 5.76 Å². The molecule has 126 valence electrons. The van der Waals surface area contributed by atoms with Crippen LogP contribution in [-0.4, -0.2) is 23.5 Å². The fourth-order valence-corrected chi connectivity index (χ4v) is 3.71. The molecular weight excluding hydrogens is 332 g/mol. The van der Waals surface area contributed by atoms with Crippen molar-refractivity contribution >= 4 is 21.2 Å². The van der Waals surface area contributed by atoms with E-state index in [1.807, 2.05) is 0 Å². The maximum absolute atomic E-state index is 12.7. The van der Waals surface area contributed by atoms with Gasteiger partial charge < -0.3 is 4.55 Å². The summed E-state index contributed by atoms with van der Waals surface area (Å²) in [6, 6.07) is 3.77. The third-order valence-corrected chi connectivity index (χ3v) is 6.38. The van der Waals surface area contributed by atoms with Gasteiger partial charge in [-0.15, -0.1) is 4.72 Å². The molecule has 0 radical (unpaired) electrons. The summed E-state index contributed by atoms with van der Waals surface area (Å²) in [5, 5.41) is 0. The Kier molecular flexibility index (Phi) is 6.00. The topological polar surface area (TPSA) is 69.2 Å². The van der Waals surface area contributed by atoms with Gasteiger partial charge in [0, 0.05) is 11.4 Å². The summed E-state index contributed by atoms with van der Waals surface area (Å²) < 4.78 is 63.3. The van der Waals surface area contributed by atoms with Crippen LogP contribution in [0.15, 0.2) is 23.1 Å². The van der Waals surface area contributed by atoms with Crippen molar-refractivity contribution in [3.05, 3.63) is 29.3 Å². The average Bonchev–Trinajstić information content (AvgIpc) is 2.37. The summed E-state index contributed by atoms with van der Waals surface area (Å²) in [6.45, 7) is 8.58. The Morgan fingerprint density at radius 2 is 1.82 bits per heavy atom. The van der Waals surface area contributed by atoms with E-state index in [1.54, 1.807) is 33.8 Å². The number of sulfone groups is 1. The molecule has 0 heterocycles. The molecule has 4 nitrogen and oxygen atoms in total. The fraction of sp³-hybridized carbons (Fsp3) is 0.571. The third-order valence-electron chi connectivity index (χ3n) is 3.17. The van der Waals surface area contributed by atoms with E-state index in [0.29, 0.717) is 5.56 Å². The minimum Gasteiger partial charge on any atom is -0.598 e. The molecule has 1 rings (SSSR count). The Balaban J connectivity index is 3.18. The van der Waals surface area contributed by atoms with Crippen LogP contribution in [0.25, 0.3) is 0 Å². The van der Waals surface area contributed by atoms with E-state index in [9.17, 15) is 21.8 Å². The minimum absolute atomic E-state index is 0.244. The summed E-state index contributed by atoms with van der Waals surface area (Å²) in [4.78, 5) is -0.393. The predicted molar refractivity (Wildman–Crippen MR) is 83.8 cm³/mol. The molecule has 0 spiro atoms. The molecule has 0 saturated heterocycles. The smallest absolute Gasteiger partial charge is 0.341 e. The van der Waals surface area contributed by atoms with E-state index in [2.05, 4.69) is 4.72 Å². The number of hydrogen-bond acceptors (Lipinski definition) is 4. The predicted octanol–water partition coefficient (Wildman–Crippen LogP) is 3.10. The lowest BCUT2D eigenvalue weighted by atomic mass is 10.0. The highest BCUT2D eigenvalue weighted by Gasteiger charge is 2.32. The largest absolute Gasteiger partial charge is 0.598 e. The first kappa shape index (κ1) is 19.3. The van der Waals surface area contributed by atoms with Crippen molar-refractivity contribution in [1.29, 1.82) is 0 Å². The van der Waals surface area contributed by atoms with Gasteiger partial charge in [-0.05, 0) is 51.8 Å². The highest BCUT2D eigenvalue weighted by atomic mass is 32.2. The summed E-state index contributed by atoms with van der Waals surface area (Å²) in [6.07, 6.45) is 0. The van der Waals surface area contributed by atoms with E-state index < -0.39 is 42.6 Å². The van der Waals surface area contributed by atoms with Gasteiger partial charge in [-0.3, -0.25) is 0 Å². The summed E-state index contributed by atoms with van der Waals surface area (Å²) in [7, 11) is -4.66. The molecule has 2 atom stereocenters. The average molecular weight is 353 g/mol. The van der Waals surface area contributed by atoms with Crippen molar-refractivity contribution in [1.82, 2.24) is 4.72 Å². The molecular formula is C14H21F2NO3S2. The first-order valence-corrected chi connectivity index (χ1v) is 9.38. The molecule has 0 aliphatic heterocycles. The van der Waals surface area contributed by atoms with Crippen LogP contribution >= 0.6 is 0 Å². The van der Waals surface area contributed by atoms with Crippen LogP contribution in [0.5, 0.6) is 0 Å². The normalized spacial score (nSPS) is 15.9. The Labute approximate surface area is 133 Å². The van der Waals surface area contributed by atoms with Gasteiger partial charge in [0.1, 0.15) is 4.75 Å². The van der Waals surface area contributed by atoms with Gasteiger partial charge in [-0.2, -0.15) is 8.78 Å². The van der Waals surface area contributed by atoms with Crippen molar-refractivity contribution in [3.8, 4) is 0 Å².